The van der Waals surface area contributed by atoms with Crippen LogP contribution in [0.1, 0.15) is 5.56 Å². The zero-order valence-corrected chi connectivity index (χ0v) is 7.58. The third kappa shape index (κ3) is 1.90. The Labute approximate surface area is 77.8 Å². The SMILES string of the molecule is C=CC(=C)c1cc(OC)ccc1O. The minimum Gasteiger partial charge on any atom is -0.507 e. The summed E-state index contributed by atoms with van der Waals surface area (Å²) >= 11 is 0. The molecule has 0 unspecified atom stereocenters. The summed E-state index contributed by atoms with van der Waals surface area (Å²) < 4.78 is 5.02. The van der Waals surface area contributed by atoms with Gasteiger partial charge in [0, 0.05) is 5.56 Å². The lowest BCUT2D eigenvalue weighted by molar-refractivity contribution is 0.412. The standard InChI is InChI=1S/C11H12O2/c1-4-8(2)10-7-9(13-3)5-6-11(10)12/h4-7,12H,1-2H2,3H3. The Hall–Kier alpha value is -1.70. The highest BCUT2D eigenvalue weighted by Gasteiger charge is 2.03. The molecule has 0 aliphatic heterocycles. The zero-order chi connectivity index (χ0) is 9.84. The Balaban J connectivity index is 3.18. The summed E-state index contributed by atoms with van der Waals surface area (Å²) in [4.78, 5) is 0. The molecule has 1 N–H and O–H groups in total. The van der Waals surface area contributed by atoms with E-state index in [2.05, 4.69) is 13.2 Å². The van der Waals surface area contributed by atoms with E-state index in [1.807, 2.05) is 0 Å². The van der Waals surface area contributed by atoms with Gasteiger partial charge in [-0.15, -0.1) is 0 Å². The fourth-order valence-corrected chi connectivity index (χ4v) is 1.01. The maximum Gasteiger partial charge on any atom is 0.123 e. The molecule has 2 nitrogen and oxygen atoms in total. The van der Waals surface area contributed by atoms with Gasteiger partial charge in [-0.05, 0) is 23.8 Å². The number of rotatable bonds is 3. The van der Waals surface area contributed by atoms with Crippen LogP contribution in [0.15, 0.2) is 37.4 Å². The van der Waals surface area contributed by atoms with Crippen molar-refractivity contribution in [1.82, 2.24) is 0 Å². The predicted octanol–water partition coefficient (Wildman–Crippen LogP) is 2.60. The van der Waals surface area contributed by atoms with Gasteiger partial charge in [-0.1, -0.05) is 19.2 Å². The number of hydrogen-bond donors (Lipinski definition) is 1. The second-order valence-corrected chi connectivity index (χ2v) is 2.61. The maximum absolute atomic E-state index is 9.47. The molecule has 13 heavy (non-hydrogen) atoms. The van der Waals surface area contributed by atoms with Gasteiger partial charge in [0.15, 0.2) is 0 Å². The molecule has 68 valence electrons. The van der Waals surface area contributed by atoms with Crippen molar-refractivity contribution >= 4 is 5.57 Å². The quantitative estimate of drug-likeness (QED) is 0.717. The van der Waals surface area contributed by atoms with Crippen molar-refractivity contribution < 1.29 is 9.84 Å². The number of phenolic OH excluding ortho intramolecular Hbond substituents is 1. The Morgan fingerprint density at radius 2 is 2.23 bits per heavy atom. The average Bonchev–Trinajstić information content (AvgIpc) is 2.17. The van der Waals surface area contributed by atoms with Crippen molar-refractivity contribution in [3.63, 3.8) is 0 Å². The van der Waals surface area contributed by atoms with Crippen molar-refractivity contribution in [3.8, 4) is 11.5 Å². The Bertz CT molecular complexity index is 340. The monoisotopic (exact) mass is 176 g/mol. The molecule has 1 aromatic carbocycles. The van der Waals surface area contributed by atoms with E-state index in [1.165, 1.54) is 0 Å². The van der Waals surface area contributed by atoms with Crippen molar-refractivity contribution in [2.75, 3.05) is 7.11 Å². The first-order valence-corrected chi connectivity index (χ1v) is 3.87. The van der Waals surface area contributed by atoms with E-state index < -0.39 is 0 Å². The largest absolute Gasteiger partial charge is 0.507 e. The summed E-state index contributed by atoms with van der Waals surface area (Å²) in [7, 11) is 1.58. The summed E-state index contributed by atoms with van der Waals surface area (Å²) in [5.74, 6) is 0.876. The number of aromatic hydroxyl groups is 1. The van der Waals surface area contributed by atoms with Gasteiger partial charge >= 0.3 is 0 Å². The normalized spacial score (nSPS) is 9.31. The molecule has 0 fully saturated rings. The number of methoxy groups -OCH3 is 1. The number of allylic oxidation sites excluding steroid dienone is 2. The first-order chi connectivity index (χ1) is 6.19. The van der Waals surface area contributed by atoms with Gasteiger partial charge in [-0.3, -0.25) is 0 Å². The molecule has 0 spiro atoms. The van der Waals surface area contributed by atoms with E-state index in [0.29, 0.717) is 16.9 Å². The van der Waals surface area contributed by atoms with Crippen molar-refractivity contribution in [1.29, 1.82) is 0 Å². The van der Waals surface area contributed by atoms with Crippen LogP contribution < -0.4 is 4.74 Å². The molecule has 0 bridgehead atoms. The number of phenols is 1. The van der Waals surface area contributed by atoms with E-state index in [9.17, 15) is 5.11 Å². The summed E-state index contributed by atoms with van der Waals surface area (Å²) in [5.41, 5.74) is 1.32. The first-order valence-electron chi connectivity index (χ1n) is 3.87. The maximum atomic E-state index is 9.47. The van der Waals surface area contributed by atoms with Crippen LogP contribution in [0.4, 0.5) is 0 Å². The molecule has 0 aliphatic carbocycles. The van der Waals surface area contributed by atoms with Crippen LogP contribution in [0.2, 0.25) is 0 Å². The number of hydrogen-bond acceptors (Lipinski definition) is 2. The van der Waals surface area contributed by atoms with Crippen LogP contribution in [0.3, 0.4) is 0 Å². The van der Waals surface area contributed by atoms with Crippen LogP contribution in [0.25, 0.3) is 5.57 Å². The second-order valence-electron chi connectivity index (χ2n) is 2.61. The van der Waals surface area contributed by atoms with Gasteiger partial charge < -0.3 is 9.84 Å². The minimum atomic E-state index is 0.186. The van der Waals surface area contributed by atoms with E-state index >= 15 is 0 Å². The van der Waals surface area contributed by atoms with E-state index in [-0.39, 0.29) is 5.75 Å². The Kier molecular flexibility index (Phi) is 2.75. The molecular formula is C11H12O2. The Morgan fingerprint density at radius 1 is 1.54 bits per heavy atom. The van der Waals surface area contributed by atoms with Crippen molar-refractivity contribution in [3.05, 3.63) is 43.0 Å². The van der Waals surface area contributed by atoms with Gasteiger partial charge in [-0.25, -0.2) is 0 Å². The van der Waals surface area contributed by atoms with Gasteiger partial charge in [-0.2, -0.15) is 0 Å². The van der Waals surface area contributed by atoms with Crippen molar-refractivity contribution in [2.45, 2.75) is 0 Å². The molecule has 0 aliphatic rings. The van der Waals surface area contributed by atoms with Crippen LogP contribution in [0.5, 0.6) is 11.5 Å². The second kappa shape index (κ2) is 3.81. The lowest BCUT2D eigenvalue weighted by Gasteiger charge is -2.06. The molecule has 0 saturated heterocycles. The highest BCUT2D eigenvalue weighted by atomic mass is 16.5. The molecule has 0 saturated carbocycles. The lowest BCUT2D eigenvalue weighted by atomic mass is 10.1. The van der Waals surface area contributed by atoms with Gasteiger partial charge in [0.25, 0.3) is 0 Å². The summed E-state index contributed by atoms with van der Waals surface area (Å²) in [6.07, 6.45) is 1.59. The molecule has 0 radical (unpaired) electrons. The Morgan fingerprint density at radius 3 is 2.77 bits per heavy atom. The molecule has 0 atom stereocenters. The van der Waals surface area contributed by atoms with Crippen LogP contribution in [0, 0.1) is 0 Å². The lowest BCUT2D eigenvalue weighted by Crippen LogP contribution is -1.85. The highest BCUT2D eigenvalue weighted by molar-refractivity contribution is 5.76. The fourth-order valence-electron chi connectivity index (χ4n) is 1.01. The smallest absolute Gasteiger partial charge is 0.123 e. The van der Waals surface area contributed by atoms with Crippen LogP contribution in [-0.2, 0) is 0 Å². The van der Waals surface area contributed by atoms with Gasteiger partial charge in [0.1, 0.15) is 11.5 Å². The summed E-state index contributed by atoms with van der Waals surface area (Å²) in [5, 5.41) is 9.47. The third-order valence-corrected chi connectivity index (χ3v) is 1.80. The molecule has 2 heteroatoms. The summed E-state index contributed by atoms with van der Waals surface area (Å²) in [6, 6.07) is 4.98. The molecule has 1 aromatic rings. The van der Waals surface area contributed by atoms with Crippen LogP contribution in [-0.4, -0.2) is 12.2 Å². The van der Waals surface area contributed by atoms with E-state index in [0.717, 1.165) is 0 Å². The fraction of sp³-hybridized carbons (Fsp3) is 0.0909. The van der Waals surface area contributed by atoms with Gasteiger partial charge in [0.05, 0.1) is 7.11 Å². The van der Waals surface area contributed by atoms with Crippen molar-refractivity contribution in [2.24, 2.45) is 0 Å². The highest BCUT2D eigenvalue weighted by Crippen LogP contribution is 2.28. The molecule has 0 amide bonds. The van der Waals surface area contributed by atoms with Crippen LogP contribution >= 0.6 is 0 Å². The topological polar surface area (TPSA) is 29.5 Å². The minimum absolute atomic E-state index is 0.186. The molecule has 0 aromatic heterocycles. The third-order valence-electron chi connectivity index (χ3n) is 1.80. The number of benzene rings is 1. The molecule has 0 heterocycles. The van der Waals surface area contributed by atoms with E-state index in [1.54, 1.807) is 31.4 Å². The summed E-state index contributed by atoms with van der Waals surface area (Å²) in [6.45, 7) is 7.33. The zero-order valence-electron chi connectivity index (χ0n) is 7.58. The molecular weight excluding hydrogens is 164 g/mol. The predicted molar refractivity (Wildman–Crippen MR) is 53.9 cm³/mol. The molecule has 1 rings (SSSR count). The van der Waals surface area contributed by atoms with E-state index in [4.69, 9.17) is 4.74 Å². The first kappa shape index (κ1) is 9.39. The average molecular weight is 176 g/mol. The number of ether oxygens (including phenoxy) is 1. The van der Waals surface area contributed by atoms with Gasteiger partial charge in [0.2, 0.25) is 0 Å².